The lowest BCUT2D eigenvalue weighted by Crippen LogP contribution is -2.44. The Morgan fingerprint density at radius 2 is 1.75 bits per heavy atom. The first kappa shape index (κ1) is 19.3. The molecule has 0 bridgehead atoms. The maximum Gasteiger partial charge on any atom is 0.257 e. The standard InChI is InChI=1S/C19H11BrCl2FN3O2/c20-11-5-14-17(15(23)6-11)19(28,10-1-3-12(21)4-2-10)26(18(14)27)9-16-24-7-13(22)8-25-16/h1-8,28H,9H2. The third kappa shape index (κ3) is 3.08. The number of hydrogen-bond donors (Lipinski definition) is 1. The Hall–Kier alpha value is -2.06. The van der Waals surface area contributed by atoms with Gasteiger partial charge >= 0.3 is 0 Å². The van der Waals surface area contributed by atoms with E-state index in [0.717, 1.165) is 4.90 Å². The highest BCUT2D eigenvalue weighted by Gasteiger charge is 2.52. The number of amides is 1. The largest absolute Gasteiger partial charge is 0.363 e. The first-order chi connectivity index (χ1) is 13.3. The van der Waals surface area contributed by atoms with E-state index in [4.69, 9.17) is 23.2 Å². The second kappa shape index (κ2) is 7.08. The third-order valence-electron chi connectivity index (χ3n) is 4.49. The summed E-state index contributed by atoms with van der Waals surface area (Å²) in [5, 5.41) is 12.4. The molecule has 0 saturated carbocycles. The fraction of sp³-hybridized carbons (Fsp3) is 0.105. The van der Waals surface area contributed by atoms with Crippen molar-refractivity contribution in [3.8, 4) is 0 Å². The van der Waals surface area contributed by atoms with Crippen molar-refractivity contribution in [1.82, 2.24) is 14.9 Å². The van der Waals surface area contributed by atoms with Crippen molar-refractivity contribution in [2.24, 2.45) is 0 Å². The van der Waals surface area contributed by atoms with Crippen molar-refractivity contribution >= 4 is 45.0 Å². The minimum absolute atomic E-state index is 0.0540. The van der Waals surface area contributed by atoms with Crippen LogP contribution in [0.5, 0.6) is 0 Å². The molecule has 5 nitrogen and oxygen atoms in total. The quantitative estimate of drug-likeness (QED) is 0.595. The van der Waals surface area contributed by atoms with Crippen molar-refractivity contribution in [2.75, 3.05) is 0 Å². The highest BCUT2D eigenvalue weighted by Crippen LogP contribution is 2.45. The molecule has 0 saturated heterocycles. The molecule has 1 N–H and O–H groups in total. The van der Waals surface area contributed by atoms with Crippen LogP contribution in [0.4, 0.5) is 4.39 Å². The molecule has 1 aromatic heterocycles. The molecule has 1 aliphatic heterocycles. The lowest BCUT2D eigenvalue weighted by Gasteiger charge is -2.34. The van der Waals surface area contributed by atoms with Crippen LogP contribution in [0.15, 0.2) is 53.3 Å². The summed E-state index contributed by atoms with van der Waals surface area (Å²) in [6.07, 6.45) is 2.77. The van der Waals surface area contributed by atoms with E-state index in [1.165, 1.54) is 24.5 Å². The van der Waals surface area contributed by atoms with E-state index < -0.39 is 17.4 Å². The molecule has 9 heteroatoms. The maximum absolute atomic E-state index is 14.9. The van der Waals surface area contributed by atoms with E-state index in [0.29, 0.717) is 20.1 Å². The molecule has 0 spiro atoms. The molecule has 4 rings (SSSR count). The Morgan fingerprint density at radius 3 is 2.39 bits per heavy atom. The number of halogens is 4. The molecule has 142 valence electrons. The predicted molar refractivity (Wildman–Crippen MR) is 105 cm³/mol. The van der Waals surface area contributed by atoms with Crippen LogP contribution in [0.25, 0.3) is 0 Å². The molecule has 2 aromatic carbocycles. The van der Waals surface area contributed by atoms with Crippen molar-refractivity contribution in [1.29, 1.82) is 0 Å². The van der Waals surface area contributed by atoms with Gasteiger partial charge in [-0.3, -0.25) is 9.69 Å². The molecule has 0 fully saturated rings. The Balaban J connectivity index is 1.90. The highest BCUT2D eigenvalue weighted by molar-refractivity contribution is 9.10. The Bertz CT molecular complexity index is 1080. The topological polar surface area (TPSA) is 66.3 Å². The van der Waals surface area contributed by atoms with Crippen molar-refractivity contribution in [3.05, 3.63) is 91.6 Å². The van der Waals surface area contributed by atoms with Gasteiger partial charge in [-0.1, -0.05) is 51.3 Å². The van der Waals surface area contributed by atoms with E-state index in [1.54, 1.807) is 24.3 Å². The van der Waals surface area contributed by atoms with E-state index in [-0.39, 0.29) is 23.5 Å². The lowest BCUT2D eigenvalue weighted by molar-refractivity contribution is -0.0572. The average Bonchev–Trinajstić information content (AvgIpc) is 2.86. The number of aliphatic hydroxyl groups is 1. The first-order valence-electron chi connectivity index (χ1n) is 8.07. The number of hydrogen-bond acceptors (Lipinski definition) is 4. The molecular formula is C19H11BrCl2FN3O2. The zero-order chi connectivity index (χ0) is 20.1. The molecule has 0 radical (unpaired) electrons. The van der Waals surface area contributed by atoms with Crippen LogP contribution in [0, 0.1) is 5.82 Å². The predicted octanol–water partition coefficient (Wildman–Crippen LogP) is 4.53. The highest BCUT2D eigenvalue weighted by atomic mass is 79.9. The summed E-state index contributed by atoms with van der Waals surface area (Å²) in [6, 6.07) is 8.89. The minimum atomic E-state index is -2.05. The molecule has 3 aromatic rings. The zero-order valence-electron chi connectivity index (χ0n) is 14.0. The van der Waals surface area contributed by atoms with Gasteiger partial charge in [0.15, 0.2) is 5.72 Å². The van der Waals surface area contributed by atoms with Gasteiger partial charge < -0.3 is 5.11 Å². The van der Waals surface area contributed by atoms with Crippen molar-refractivity contribution in [3.63, 3.8) is 0 Å². The van der Waals surface area contributed by atoms with Crippen LogP contribution in [0.3, 0.4) is 0 Å². The summed E-state index contributed by atoms with van der Waals surface area (Å²) in [5.41, 5.74) is -1.83. The van der Waals surface area contributed by atoms with Crippen LogP contribution in [0.2, 0.25) is 10.0 Å². The number of rotatable bonds is 3. The third-order valence-corrected chi connectivity index (χ3v) is 5.39. The number of benzene rings is 2. The molecule has 1 amide bonds. The van der Waals surface area contributed by atoms with Crippen LogP contribution < -0.4 is 0 Å². The summed E-state index contributed by atoms with van der Waals surface area (Å²) >= 11 is 15.0. The Kier molecular flexibility index (Phi) is 4.87. The normalized spacial score (nSPS) is 18.5. The van der Waals surface area contributed by atoms with Crippen LogP contribution in [0.1, 0.15) is 27.3 Å². The van der Waals surface area contributed by atoms with E-state index >= 15 is 0 Å². The second-order valence-electron chi connectivity index (χ2n) is 6.20. The van der Waals surface area contributed by atoms with Gasteiger partial charge in [0.05, 0.1) is 22.7 Å². The molecule has 1 aliphatic rings. The van der Waals surface area contributed by atoms with Gasteiger partial charge in [-0.05, 0) is 24.3 Å². The van der Waals surface area contributed by atoms with Gasteiger partial charge in [0.25, 0.3) is 5.91 Å². The van der Waals surface area contributed by atoms with Gasteiger partial charge in [0, 0.05) is 27.5 Å². The SMILES string of the molecule is O=C1c2cc(Br)cc(F)c2C(O)(c2ccc(Cl)cc2)N1Cc1ncc(Cl)cn1. The number of aromatic nitrogens is 2. The van der Waals surface area contributed by atoms with Gasteiger partial charge in [-0.15, -0.1) is 0 Å². The van der Waals surface area contributed by atoms with E-state index in [2.05, 4.69) is 25.9 Å². The summed E-state index contributed by atoms with van der Waals surface area (Å²) in [7, 11) is 0. The molecular weight excluding hydrogens is 472 g/mol. The van der Waals surface area contributed by atoms with Crippen LogP contribution in [-0.4, -0.2) is 25.9 Å². The van der Waals surface area contributed by atoms with Gasteiger partial charge in [-0.2, -0.15) is 0 Å². The molecule has 1 unspecified atom stereocenters. The first-order valence-corrected chi connectivity index (χ1v) is 9.62. The molecule has 28 heavy (non-hydrogen) atoms. The smallest absolute Gasteiger partial charge is 0.257 e. The number of carbonyl (C=O) groups excluding carboxylic acids is 1. The summed E-state index contributed by atoms with van der Waals surface area (Å²) < 4.78 is 15.3. The van der Waals surface area contributed by atoms with Crippen molar-refractivity contribution in [2.45, 2.75) is 12.3 Å². The minimum Gasteiger partial charge on any atom is -0.363 e. The summed E-state index contributed by atoms with van der Waals surface area (Å²) in [5.74, 6) is -1.02. The van der Waals surface area contributed by atoms with Gasteiger partial charge in [0.2, 0.25) is 0 Å². The average molecular weight is 483 g/mol. The van der Waals surface area contributed by atoms with Gasteiger partial charge in [0.1, 0.15) is 11.6 Å². The molecule has 2 heterocycles. The lowest BCUT2D eigenvalue weighted by atomic mass is 9.93. The number of fused-ring (bicyclic) bond motifs is 1. The van der Waals surface area contributed by atoms with Crippen molar-refractivity contribution < 1.29 is 14.3 Å². The number of nitrogens with zero attached hydrogens (tertiary/aromatic N) is 3. The second-order valence-corrected chi connectivity index (χ2v) is 7.99. The van der Waals surface area contributed by atoms with Crippen LogP contribution in [-0.2, 0) is 12.3 Å². The number of carbonyl (C=O) groups is 1. The van der Waals surface area contributed by atoms with Gasteiger partial charge in [-0.25, -0.2) is 14.4 Å². The summed E-state index contributed by atoms with van der Waals surface area (Å²) in [6.45, 7) is -0.152. The van der Waals surface area contributed by atoms with E-state index in [1.807, 2.05) is 0 Å². The fourth-order valence-electron chi connectivity index (χ4n) is 3.25. The zero-order valence-corrected chi connectivity index (χ0v) is 17.1. The molecule has 0 aliphatic carbocycles. The Labute approximate surface area is 177 Å². The Morgan fingerprint density at radius 1 is 1.11 bits per heavy atom. The summed E-state index contributed by atoms with van der Waals surface area (Å²) in [4.78, 5) is 22.4. The maximum atomic E-state index is 14.9. The molecule has 1 atom stereocenters. The van der Waals surface area contributed by atoms with Crippen LogP contribution >= 0.6 is 39.1 Å². The van der Waals surface area contributed by atoms with E-state index in [9.17, 15) is 14.3 Å². The monoisotopic (exact) mass is 481 g/mol. The fourth-order valence-corrected chi connectivity index (χ4v) is 3.91.